The Labute approximate surface area is 131 Å². The highest BCUT2D eigenvalue weighted by Crippen LogP contribution is 2.30. The van der Waals surface area contributed by atoms with Crippen LogP contribution < -0.4 is 11.1 Å². The van der Waals surface area contributed by atoms with Gasteiger partial charge in [-0.15, -0.1) is 0 Å². The average molecular weight is 314 g/mol. The third kappa shape index (κ3) is 5.44. The fourth-order valence-corrected chi connectivity index (χ4v) is 2.62. The second-order valence-corrected chi connectivity index (χ2v) is 6.37. The van der Waals surface area contributed by atoms with Crippen molar-refractivity contribution in [3.05, 3.63) is 22.7 Å². The molecule has 4 N–H and O–H groups in total. The first-order valence-corrected chi connectivity index (χ1v) is 7.32. The van der Waals surface area contributed by atoms with Crippen LogP contribution in [0.1, 0.15) is 30.6 Å². The summed E-state index contributed by atoms with van der Waals surface area (Å²) in [6, 6.07) is 3.11. The van der Waals surface area contributed by atoms with Crippen molar-refractivity contribution in [1.29, 1.82) is 0 Å². The summed E-state index contributed by atoms with van der Waals surface area (Å²) in [4.78, 5) is 13.4. The van der Waals surface area contributed by atoms with Gasteiger partial charge in [-0.05, 0) is 38.6 Å². The molecular weight excluding hydrogens is 290 g/mol. The Morgan fingerprint density at radius 3 is 2.52 bits per heavy atom. The average Bonchev–Trinajstić information content (AvgIpc) is 2.30. The predicted molar refractivity (Wildman–Crippen MR) is 88.2 cm³/mol. The lowest BCUT2D eigenvalue weighted by Crippen LogP contribution is -2.34. The number of carboxylic acids is 1. The van der Waals surface area contributed by atoms with Gasteiger partial charge in [-0.2, -0.15) is 0 Å². The summed E-state index contributed by atoms with van der Waals surface area (Å²) in [5, 5.41) is 12.9. The number of nitrogens with two attached hydrogens (primary N) is 1. The molecule has 0 amide bonds. The Kier molecular flexibility index (Phi) is 6.30. The van der Waals surface area contributed by atoms with Crippen LogP contribution in [0.5, 0.6) is 0 Å². The molecule has 1 aromatic rings. The molecule has 0 saturated carbocycles. The zero-order valence-electron chi connectivity index (χ0n) is 13.0. The molecule has 1 aromatic carbocycles. The van der Waals surface area contributed by atoms with Crippen molar-refractivity contribution in [3.63, 3.8) is 0 Å². The number of carbonyl (C=O) groups is 1. The van der Waals surface area contributed by atoms with E-state index in [-0.39, 0.29) is 11.6 Å². The van der Waals surface area contributed by atoms with Crippen LogP contribution in [0.4, 0.5) is 11.4 Å². The number of aromatic carboxylic acids is 1. The van der Waals surface area contributed by atoms with Crippen molar-refractivity contribution in [1.82, 2.24) is 4.90 Å². The number of hydrogen-bond donors (Lipinski definition) is 3. The molecule has 118 valence electrons. The zero-order valence-corrected chi connectivity index (χ0v) is 13.7. The number of nitrogens with zero attached hydrogens (tertiary/aromatic N) is 1. The maximum Gasteiger partial charge on any atom is 0.337 e. The van der Waals surface area contributed by atoms with E-state index in [0.717, 1.165) is 13.0 Å². The molecule has 1 unspecified atom stereocenters. The van der Waals surface area contributed by atoms with Gasteiger partial charge in [0.15, 0.2) is 0 Å². The summed E-state index contributed by atoms with van der Waals surface area (Å²) < 4.78 is 0. The Bertz CT molecular complexity index is 494. The quantitative estimate of drug-likeness (QED) is 0.674. The maximum absolute atomic E-state index is 11.4. The molecule has 0 radical (unpaired) electrons. The van der Waals surface area contributed by atoms with Gasteiger partial charge in [0, 0.05) is 18.3 Å². The van der Waals surface area contributed by atoms with E-state index in [1.165, 1.54) is 6.07 Å². The number of halogens is 1. The van der Waals surface area contributed by atoms with E-state index in [1.807, 2.05) is 14.1 Å². The lowest BCUT2D eigenvalue weighted by atomic mass is 10.0. The molecule has 0 aliphatic carbocycles. The van der Waals surface area contributed by atoms with Crippen LogP contribution in [-0.2, 0) is 0 Å². The van der Waals surface area contributed by atoms with Crippen LogP contribution in [0.3, 0.4) is 0 Å². The van der Waals surface area contributed by atoms with E-state index < -0.39 is 5.97 Å². The van der Waals surface area contributed by atoms with Crippen molar-refractivity contribution in [2.75, 3.05) is 31.7 Å². The van der Waals surface area contributed by atoms with E-state index in [1.54, 1.807) is 6.07 Å². The number of likely N-dealkylation sites (N-methyl/N-ethyl adjacent to an activating group) is 1. The van der Waals surface area contributed by atoms with Crippen LogP contribution in [0.15, 0.2) is 12.1 Å². The van der Waals surface area contributed by atoms with Crippen LogP contribution >= 0.6 is 11.6 Å². The summed E-state index contributed by atoms with van der Waals surface area (Å²) in [5.74, 6) is -0.553. The van der Waals surface area contributed by atoms with Crippen LogP contribution in [0.2, 0.25) is 5.02 Å². The van der Waals surface area contributed by atoms with Gasteiger partial charge < -0.3 is 21.1 Å². The van der Waals surface area contributed by atoms with E-state index in [0.29, 0.717) is 22.3 Å². The monoisotopic (exact) mass is 313 g/mol. The van der Waals surface area contributed by atoms with Gasteiger partial charge in [-0.1, -0.05) is 25.4 Å². The Morgan fingerprint density at radius 1 is 1.43 bits per heavy atom. The molecule has 1 rings (SSSR count). The van der Waals surface area contributed by atoms with Crippen molar-refractivity contribution < 1.29 is 9.90 Å². The minimum atomic E-state index is -1.04. The Hall–Kier alpha value is -1.46. The lowest BCUT2D eigenvalue weighted by Gasteiger charge is -2.26. The Balaban J connectivity index is 3.09. The summed E-state index contributed by atoms with van der Waals surface area (Å²) in [6.45, 7) is 5.05. The molecular formula is C15H24ClN3O2. The molecule has 21 heavy (non-hydrogen) atoms. The minimum Gasteiger partial charge on any atom is -0.478 e. The molecule has 0 fully saturated rings. The van der Waals surface area contributed by atoms with E-state index in [9.17, 15) is 9.90 Å². The molecule has 0 aliphatic heterocycles. The van der Waals surface area contributed by atoms with Crippen molar-refractivity contribution in [2.45, 2.75) is 26.3 Å². The van der Waals surface area contributed by atoms with Crippen molar-refractivity contribution >= 4 is 28.9 Å². The number of carboxylic acid groups (broad SMARTS) is 1. The third-order valence-corrected chi connectivity index (χ3v) is 3.33. The molecule has 0 aliphatic rings. The fourth-order valence-electron chi connectivity index (χ4n) is 2.34. The maximum atomic E-state index is 11.4. The number of rotatable bonds is 7. The summed E-state index contributed by atoms with van der Waals surface area (Å²) in [5.41, 5.74) is 6.56. The van der Waals surface area contributed by atoms with Crippen LogP contribution in [0.25, 0.3) is 0 Å². The van der Waals surface area contributed by atoms with Gasteiger partial charge in [-0.3, -0.25) is 0 Å². The number of nitrogens with one attached hydrogen (secondary N) is 1. The SMILES string of the molecule is CC(C)CC(CN(C)C)Nc1c(Cl)cc(N)cc1C(=O)O. The molecule has 0 spiro atoms. The zero-order chi connectivity index (χ0) is 16.2. The van der Waals surface area contributed by atoms with E-state index in [2.05, 4.69) is 24.1 Å². The molecule has 0 saturated heterocycles. The first kappa shape index (κ1) is 17.6. The van der Waals surface area contributed by atoms with Gasteiger partial charge >= 0.3 is 5.97 Å². The number of hydrogen-bond acceptors (Lipinski definition) is 4. The number of nitrogen functional groups attached to an aromatic ring is 1. The molecule has 0 heterocycles. The highest BCUT2D eigenvalue weighted by molar-refractivity contribution is 6.34. The van der Waals surface area contributed by atoms with Crippen molar-refractivity contribution in [2.24, 2.45) is 5.92 Å². The predicted octanol–water partition coefficient (Wildman–Crippen LogP) is 3.01. The summed E-state index contributed by atoms with van der Waals surface area (Å²) in [7, 11) is 3.97. The Morgan fingerprint density at radius 2 is 2.05 bits per heavy atom. The second kappa shape index (κ2) is 7.52. The third-order valence-electron chi connectivity index (χ3n) is 3.03. The lowest BCUT2D eigenvalue weighted by molar-refractivity contribution is 0.0698. The molecule has 0 aromatic heterocycles. The van der Waals surface area contributed by atoms with E-state index in [4.69, 9.17) is 17.3 Å². The van der Waals surface area contributed by atoms with Gasteiger partial charge in [0.25, 0.3) is 0 Å². The highest BCUT2D eigenvalue weighted by atomic mass is 35.5. The van der Waals surface area contributed by atoms with Gasteiger partial charge in [-0.25, -0.2) is 4.79 Å². The normalized spacial score (nSPS) is 12.7. The first-order valence-electron chi connectivity index (χ1n) is 6.94. The minimum absolute atomic E-state index is 0.104. The number of benzene rings is 1. The van der Waals surface area contributed by atoms with Gasteiger partial charge in [0.1, 0.15) is 0 Å². The van der Waals surface area contributed by atoms with Gasteiger partial charge in [0.05, 0.1) is 16.3 Å². The smallest absolute Gasteiger partial charge is 0.337 e. The standard InChI is InChI=1S/C15H24ClN3O2/c1-9(2)5-11(8-19(3)4)18-14-12(15(20)21)6-10(17)7-13(14)16/h6-7,9,11,18H,5,8,17H2,1-4H3,(H,20,21). The highest BCUT2D eigenvalue weighted by Gasteiger charge is 2.19. The van der Waals surface area contributed by atoms with E-state index >= 15 is 0 Å². The topological polar surface area (TPSA) is 78.6 Å². The van der Waals surface area contributed by atoms with Crippen LogP contribution in [-0.4, -0.2) is 42.7 Å². The molecule has 6 heteroatoms. The largest absolute Gasteiger partial charge is 0.478 e. The fraction of sp³-hybridized carbons (Fsp3) is 0.533. The molecule has 1 atom stereocenters. The first-order chi connectivity index (χ1) is 9.70. The number of anilines is 2. The van der Waals surface area contributed by atoms with Crippen LogP contribution in [0, 0.1) is 5.92 Å². The summed E-state index contributed by atoms with van der Waals surface area (Å²) >= 11 is 6.18. The van der Waals surface area contributed by atoms with Gasteiger partial charge in [0.2, 0.25) is 0 Å². The molecule has 5 nitrogen and oxygen atoms in total. The summed E-state index contributed by atoms with van der Waals surface area (Å²) in [6.07, 6.45) is 0.915. The second-order valence-electron chi connectivity index (χ2n) is 5.96. The molecule has 0 bridgehead atoms. The van der Waals surface area contributed by atoms with Crippen molar-refractivity contribution in [3.8, 4) is 0 Å².